The Labute approximate surface area is 139 Å². The predicted molar refractivity (Wildman–Crippen MR) is 92.7 cm³/mol. The van der Waals surface area contributed by atoms with Gasteiger partial charge >= 0.3 is 5.69 Å². The normalized spacial score (nSPS) is 15.8. The fourth-order valence-electron chi connectivity index (χ4n) is 3.20. The molecule has 0 unspecified atom stereocenters. The number of nitrogens with one attached hydrogen (secondary N) is 2. The number of H-pyrrole nitrogens is 1. The monoisotopic (exact) mass is 333 g/mol. The van der Waals surface area contributed by atoms with Crippen molar-refractivity contribution in [3.05, 3.63) is 27.2 Å². The number of nitrogens with zero attached hydrogens (tertiary/aromatic N) is 4. The lowest BCUT2D eigenvalue weighted by Crippen LogP contribution is -2.33. The average molecular weight is 333 g/mol. The van der Waals surface area contributed by atoms with Gasteiger partial charge in [0.1, 0.15) is 0 Å². The maximum absolute atomic E-state index is 12.0. The molecule has 130 valence electrons. The fraction of sp³-hybridized carbons (Fsp3) is 0.625. The Morgan fingerprint density at radius 3 is 3.00 bits per heavy atom. The van der Waals surface area contributed by atoms with E-state index in [1.807, 2.05) is 4.57 Å². The molecule has 0 saturated heterocycles. The van der Waals surface area contributed by atoms with Gasteiger partial charge in [0.05, 0.1) is 26.5 Å². The van der Waals surface area contributed by atoms with E-state index < -0.39 is 5.69 Å². The number of aromatic amines is 1. The first-order chi connectivity index (χ1) is 11.6. The minimum absolute atomic E-state index is 0.378. The molecule has 0 saturated carbocycles. The lowest BCUT2D eigenvalue weighted by molar-refractivity contribution is -0.499. The largest absolute Gasteiger partial charge is 0.329 e. The first-order valence-electron chi connectivity index (χ1n) is 8.53. The van der Waals surface area contributed by atoms with E-state index in [4.69, 9.17) is 0 Å². The molecule has 0 amide bonds. The van der Waals surface area contributed by atoms with Crippen LogP contribution in [0.25, 0.3) is 11.2 Å². The fourth-order valence-corrected chi connectivity index (χ4v) is 3.20. The summed E-state index contributed by atoms with van der Waals surface area (Å²) >= 11 is 0. The highest BCUT2D eigenvalue weighted by Gasteiger charge is 2.14. The van der Waals surface area contributed by atoms with E-state index in [1.165, 1.54) is 29.7 Å². The first kappa shape index (κ1) is 16.5. The summed E-state index contributed by atoms with van der Waals surface area (Å²) in [5.74, 6) is 1.31. The van der Waals surface area contributed by atoms with Gasteiger partial charge in [-0.15, -0.1) is 0 Å². The minimum Gasteiger partial charge on any atom is -0.325 e. The maximum Gasteiger partial charge on any atom is 0.329 e. The predicted octanol–water partition coefficient (Wildman–Crippen LogP) is 0.0178. The number of aromatic nitrogens is 4. The van der Waals surface area contributed by atoms with E-state index in [-0.39, 0.29) is 5.56 Å². The second kappa shape index (κ2) is 7.02. The quantitative estimate of drug-likeness (QED) is 0.610. The number of rotatable bonds is 4. The van der Waals surface area contributed by atoms with E-state index in [2.05, 4.69) is 26.9 Å². The molecule has 3 rings (SSSR count). The molecule has 2 aromatic rings. The Morgan fingerprint density at radius 2 is 2.17 bits per heavy atom. The van der Waals surface area contributed by atoms with Crippen LogP contribution in [-0.2, 0) is 13.6 Å². The van der Waals surface area contributed by atoms with Gasteiger partial charge in [-0.1, -0.05) is 0 Å². The summed E-state index contributed by atoms with van der Waals surface area (Å²) in [6.45, 7) is 2.64. The second-order valence-corrected chi connectivity index (χ2v) is 6.39. The highest BCUT2D eigenvalue weighted by atomic mass is 16.2. The van der Waals surface area contributed by atoms with Crippen molar-refractivity contribution in [3.8, 4) is 0 Å². The van der Waals surface area contributed by atoms with Crippen molar-refractivity contribution < 1.29 is 4.58 Å². The van der Waals surface area contributed by atoms with Gasteiger partial charge < -0.3 is 4.57 Å². The van der Waals surface area contributed by atoms with Gasteiger partial charge in [-0.25, -0.2) is 9.78 Å². The van der Waals surface area contributed by atoms with E-state index >= 15 is 0 Å². The molecular weight excluding hydrogens is 308 g/mol. The number of fused-ring (bicyclic) bond motifs is 1. The van der Waals surface area contributed by atoms with Crippen molar-refractivity contribution in [1.29, 1.82) is 0 Å². The molecule has 1 aliphatic rings. The molecule has 0 atom stereocenters. The van der Waals surface area contributed by atoms with Crippen LogP contribution in [0.15, 0.2) is 15.9 Å². The smallest absolute Gasteiger partial charge is 0.325 e. The van der Waals surface area contributed by atoms with Crippen LogP contribution >= 0.6 is 0 Å². The molecule has 0 aromatic carbocycles. The summed E-state index contributed by atoms with van der Waals surface area (Å²) < 4.78 is 5.48. The Balaban J connectivity index is 1.66. The summed E-state index contributed by atoms with van der Waals surface area (Å²) in [5.41, 5.74) is 0.0644. The Morgan fingerprint density at radius 1 is 1.33 bits per heavy atom. The van der Waals surface area contributed by atoms with E-state index in [9.17, 15) is 9.59 Å². The molecular formula is C16H25N6O2+. The van der Waals surface area contributed by atoms with Crippen molar-refractivity contribution in [1.82, 2.24) is 24.4 Å². The summed E-state index contributed by atoms with van der Waals surface area (Å²) in [6, 6.07) is 0. The molecule has 2 N–H and O–H groups in total. The van der Waals surface area contributed by atoms with Crippen LogP contribution in [0.1, 0.15) is 32.1 Å². The van der Waals surface area contributed by atoms with Crippen molar-refractivity contribution in [3.63, 3.8) is 0 Å². The van der Waals surface area contributed by atoms with Gasteiger partial charge in [-0.2, -0.15) is 0 Å². The van der Waals surface area contributed by atoms with Crippen molar-refractivity contribution >= 4 is 17.0 Å². The number of amidine groups is 1. The van der Waals surface area contributed by atoms with Gasteiger partial charge in [0.15, 0.2) is 11.2 Å². The zero-order valence-electron chi connectivity index (χ0n) is 14.3. The molecule has 0 aliphatic carbocycles. The molecule has 3 heterocycles. The molecule has 8 nitrogen and oxygen atoms in total. The van der Waals surface area contributed by atoms with Crippen molar-refractivity contribution in [2.75, 3.05) is 20.1 Å². The van der Waals surface area contributed by atoms with Crippen LogP contribution in [-0.4, -0.2) is 49.7 Å². The van der Waals surface area contributed by atoms with Gasteiger partial charge in [0.2, 0.25) is 5.84 Å². The molecule has 24 heavy (non-hydrogen) atoms. The molecule has 0 bridgehead atoms. The topological polar surface area (TPSA) is 87.7 Å². The molecule has 0 spiro atoms. The third-order valence-electron chi connectivity index (χ3n) is 4.65. The average Bonchev–Trinajstić information content (AvgIpc) is 2.88. The SMILES string of the molecule is Cn1c(=O)[nH]c(=O)c2c1ncn2CCCNC1=[N+](C)CCCCC1. The third kappa shape index (κ3) is 3.27. The number of hydrogen-bond acceptors (Lipinski definition) is 4. The van der Waals surface area contributed by atoms with Crippen LogP contribution < -0.4 is 16.6 Å². The first-order valence-corrected chi connectivity index (χ1v) is 8.53. The molecule has 8 heteroatoms. The number of hydrogen-bond donors (Lipinski definition) is 2. The third-order valence-corrected chi connectivity index (χ3v) is 4.65. The second-order valence-electron chi connectivity index (χ2n) is 6.39. The summed E-state index contributed by atoms with van der Waals surface area (Å²) in [4.78, 5) is 30.2. The van der Waals surface area contributed by atoms with E-state index in [1.54, 1.807) is 13.4 Å². The zero-order valence-corrected chi connectivity index (χ0v) is 14.3. The molecule has 2 aromatic heterocycles. The highest BCUT2D eigenvalue weighted by Crippen LogP contribution is 2.07. The lowest BCUT2D eigenvalue weighted by Gasteiger charge is -2.07. The van der Waals surface area contributed by atoms with Crippen LogP contribution in [0.4, 0.5) is 0 Å². The van der Waals surface area contributed by atoms with Gasteiger partial charge in [-0.3, -0.25) is 24.2 Å². The van der Waals surface area contributed by atoms with Crippen LogP contribution in [0.2, 0.25) is 0 Å². The van der Waals surface area contributed by atoms with E-state index in [0.717, 1.165) is 25.9 Å². The van der Waals surface area contributed by atoms with E-state index in [0.29, 0.717) is 17.7 Å². The summed E-state index contributed by atoms with van der Waals surface area (Å²) in [6.07, 6.45) is 7.39. The van der Waals surface area contributed by atoms with Crippen molar-refractivity contribution in [2.24, 2.45) is 7.05 Å². The Bertz CT molecular complexity index is 873. The van der Waals surface area contributed by atoms with Crippen LogP contribution in [0, 0.1) is 0 Å². The zero-order chi connectivity index (χ0) is 17.1. The number of aryl methyl sites for hydroxylation is 2. The highest BCUT2D eigenvalue weighted by molar-refractivity contribution is 5.77. The summed E-state index contributed by atoms with van der Waals surface area (Å²) in [7, 11) is 3.75. The number of imidazole rings is 1. The van der Waals surface area contributed by atoms with Crippen LogP contribution in [0.3, 0.4) is 0 Å². The van der Waals surface area contributed by atoms with Crippen molar-refractivity contribution in [2.45, 2.75) is 38.6 Å². The summed E-state index contributed by atoms with van der Waals surface area (Å²) in [5, 5.41) is 3.52. The van der Waals surface area contributed by atoms with Gasteiger partial charge in [0, 0.05) is 26.4 Å². The standard InChI is InChI=1S/C16H24N6O2/c1-20-9-5-3-4-7-12(20)17-8-6-10-22-11-18-14-13(22)15(23)19-16(24)21(14)2/h11H,3-10H2,1-2H3,(H,19,23,24)/p+1. The van der Waals surface area contributed by atoms with Crippen LogP contribution in [0.5, 0.6) is 0 Å². The maximum atomic E-state index is 12.0. The molecule has 0 radical (unpaired) electrons. The van der Waals surface area contributed by atoms with Gasteiger partial charge in [0.25, 0.3) is 5.56 Å². The molecule has 1 aliphatic heterocycles. The van der Waals surface area contributed by atoms with Gasteiger partial charge in [-0.05, 0) is 19.3 Å². The molecule has 0 fully saturated rings. The lowest BCUT2D eigenvalue weighted by atomic mass is 10.2. The minimum atomic E-state index is -0.438. The Hall–Kier alpha value is -2.38. The Kier molecular flexibility index (Phi) is 4.82.